The average molecular weight is 199 g/mol. The molecule has 1 N–H and O–H groups in total. The zero-order chi connectivity index (χ0) is 10.4. The highest BCUT2D eigenvalue weighted by molar-refractivity contribution is 5.99. The van der Waals surface area contributed by atoms with Gasteiger partial charge in [-0.05, 0) is 6.42 Å². The van der Waals surface area contributed by atoms with Crippen molar-refractivity contribution in [1.82, 2.24) is 5.32 Å². The smallest absolute Gasteiger partial charge is 0.317 e. The SMILES string of the molecule is CCCCOC(=O)C1CNCCC1=O. The minimum absolute atomic E-state index is 0.00486. The van der Waals surface area contributed by atoms with Crippen LogP contribution < -0.4 is 5.32 Å². The van der Waals surface area contributed by atoms with E-state index < -0.39 is 5.92 Å². The molecule has 0 radical (unpaired) electrons. The molecule has 1 saturated heterocycles. The van der Waals surface area contributed by atoms with Gasteiger partial charge < -0.3 is 10.1 Å². The van der Waals surface area contributed by atoms with Gasteiger partial charge in [-0.3, -0.25) is 9.59 Å². The average Bonchev–Trinajstić information content (AvgIpc) is 2.18. The van der Waals surface area contributed by atoms with E-state index >= 15 is 0 Å². The highest BCUT2D eigenvalue weighted by atomic mass is 16.5. The molecular formula is C10H17NO3. The number of unbranched alkanes of at least 4 members (excludes halogenated alkanes) is 1. The van der Waals surface area contributed by atoms with Crippen LogP contribution in [0.1, 0.15) is 26.2 Å². The van der Waals surface area contributed by atoms with Crippen molar-refractivity contribution in [2.75, 3.05) is 19.7 Å². The number of esters is 1. The van der Waals surface area contributed by atoms with E-state index in [2.05, 4.69) is 5.32 Å². The number of ketones is 1. The molecule has 1 unspecified atom stereocenters. The van der Waals surface area contributed by atoms with Crippen LogP contribution >= 0.6 is 0 Å². The van der Waals surface area contributed by atoms with Gasteiger partial charge in [0.05, 0.1) is 6.61 Å². The number of Topliss-reactive ketones (excluding diaryl/α,β-unsaturated/α-hetero) is 1. The van der Waals surface area contributed by atoms with Gasteiger partial charge in [-0.1, -0.05) is 13.3 Å². The van der Waals surface area contributed by atoms with E-state index in [1.54, 1.807) is 0 Å². The lowest BCUT2D eigenvalue weighted by atomic mass is 9.98. The predicted molar refractivity (Wildman–Crippen MR) is 51.9 cm³/mol. The molecule has 1 rings (SSSR count). The fraction of sp³-hybridized carbons (Fsp3) is 0.800. The third-order valence-corrected chi connectivity index (χ3v) is 2.31. The van der Waals surface area contributed by atoms with Crippen molar-refractivity contribution < 1.29 is 14.3 Å². The number of nitrogens with one attached hydrogen (secondary N) is 1. The summed E-state index contributed by atoms with van der Waals surface area (Å²) in [7, 11) is 0. The lowest BCUT2D eigenvalue weighted by molar-refractivity contribution is -0.152. The molecule has 1 aliphatic rings. The first-order valence-corrected chi connectivity index (χ1v) is 5.15. The van der Waals surface area contributed by atoms with E-state index in [0.29, 0.717) is 26.1 Å². The molecule has 0 bridgehead atoms. The molecule has 1 heterocycles. The summed E-state index contributed by atoms with van der Waals surface area (Å²) in [6.07, 6.45) is 2.29. The van der Waals surface area contributed by atoms with Crippen LogP contribution in [0.15, 0.2) is 0 Å². The van der Waals surface area contributed by atoms with Crippen LogP contribution in [0, 0.1) is 5.92 Å². The molecule has 0 aromatic rings. The fourth-order valence-corrected chi connectivity index (χ4v) is 1.38. The van der Waals surface area contributed by atoms with Gasteiger partial charge in [0.1, 0.15) is 11.7 Å². The van der Waals surface area contributed by atoms with Gasteiger partial charge in [0.25, 0.3) is 0 Å². The molecule has 0 spiro atoms. The van der Waals surface area contributed by atoms with Crippen molar-refractivity contribution >= 4 is 11.8 Å². The van der Waals surface area contributed by atoms with Crippen LogP contribution in [0.4, 0.5) is 0 Å². The van der Waals surface area contributed by atoms with E-state index in [4.69, 9.17) is 4.74 Å². The molecule has 4 heteroatoms. The predicted octanol–water partition coefficient (Wildman–Crippen LogP) is 0.508. The van der Waals surface area contributed by atoms with Gasteiger partial charge in [0.15, 0.2) is 0 Å². The zero-order valence-corrected chi connectivity index (χ0v) is 8.54. The first-order valence-electron chi connectivity index (χ1n) is 5.15. The van der Waals surface area contributed by atoms with E-state index in [9.17, 15) is 9.59 Å². The van der Waals surface area contributed by atoms with Crippen molar-refractivity contribution in [3.63, 3.8) is 0 Å². The second-order valence-corrected chi connectivity index (χ2v) is 3.49. The highest BCUT2D eigenvalue weighted by Crippen LogP contribution is 2.08. The summed E-state index contributed by atoms with van der Waals surface area (Å²) in [5.41, 5.74) is 0. The molecule has 1 atom stereocenters. The van der Waals surface area contributed by atoms with E-state index in [1.165, 1.54) is 0 Å². The third-order valence-electron chi connectivity index (χ3n) is 2.31. The van der Waals surface area contributed by atoms with Gasteiger partial charge in [0.2, 0.25) is 0 Å². The summed E-state index contributed by atoms with van der Waals surface area (Å²) in [6.45, 7) is 3.57. The summed E-state index contributed by atoms with van der Waals surface area (Å²) in [5.74, 6) is -0.929. The van der Waals surface area contributed by atoms with Crippen molar-refractivity contribution in [3.8, 4) is 0 Å². The monoisotopic (exact) mass is 199 g/mol. The van der Waals surface area contributed by atoms with Gasteiger partial charge in [0, 0.05) is 19.5 Å². The maximum atomic E-state index is 11.4. The number of hydrogen-bond acceptors (Lipinski definition) is 4. The Balaban J connectivity index is 2.31. The second kappa shape index (κ2) is 5.75. The third kappa shape index (κ3) is 3.10. The second-order valence-electron chi connectivity index (χ2n) is 3.49. The molecule has 1 fully saturated rings. The normalized spacial score (nSPS) is 22.1. The van der Waals surface area contributed by atoms with Gasteiger partial charge >= 0.3 is 5.97 Å². The maximum Gasteiger partial charge on any atom is 0.317 e. The largest absolute Gasteiger partial charge is 0.465 e. The van der Waals surface area contributed by atoms with Crippen LogP contribution in [0.3, 0.4) is 0 Å². The van der Waals surface area contributed by atoms with Crippen LogP contribution in [0.5, 0.6) is 0 Å². The number of rotatable bonds is 4. The minimum Gasteiger partial charge on any atom is -0.465 e. The number of hydrogen-bond donors (Lipinski definition) is 1. The Morgan fingerprint density at radius 2 is 2.43 bits per heavy atom. The minimum atomic E-state index is -0.569. The molecule has 0 aromatic carbocycles. The molecule has 4 nitrogen and oxygen atoms in total. The Bertz CT molecular complexity index is 215. The molecule has 1 aliphatic heterocycles. The summed E-state index contributed by atoms with van der Waals surface area (Å²) < 4.78 is 4.99. The van der Waals surface area contributed by atoms with Crippen molar-refractivity contribution in [2.24, 2.45) is 5.92 Å². The van der Waals surface area contributed by atoms with Crippen molar-refractivity contribution in [2.45, 2.75) is 26.2 Å². The van der Waals surface area contributed by atoms with E-state index in [1.807, 2.05) is 6.92 Å². The maximum absolute atomic E-state index is 11.4. The van der Waals surface area contributed by atoms with Crippen LogP contribution in [0.25, 0.3) is 0 Å². The van der Waals surface area contributed by atoms with Crippen molar-refractivity contribution in [3.05, 3.63) is 0 Å². The number of carbonyl (C=O) groups excluding carboxylic acids is 2. The Morgan fingerprint density at radius 3 is 3.07 bits per heavy atom. The summed E-state index contributed by atoms with van der Waals surface area (Å²) >= 11 is 0. The molecule has 80 valence electrons. The molecule has 0 aromatic heterocycles. The van der Waals surface area contributed by atoms with Crippen molar-refractivity contribution in [1.29, 1.82) is 0 Å². The zero-order valence-electron chi connectivity index (χ0n) is 8.54. The van der Waals surface area contributed by atoms with Gasteiger partial charge in [-0.25, -0.2) is 0 Å². The van der Waals surface area contributed by atoms with Crippen LogP contribution in [-0.4, -0.2) is 31.4 Å². The Kier molecular flexibility index (Phi) is 4.59. The summed E-state index contributed by atoms with van der Waals surface area (Å²) in [6, 6.07) is 0. The number of ether oxygens (including phenoxy) is 1. The number of carbonyl (C=O) groups is 2. The molecule has 0 amide bonds. The number of piperidine rings is 1. The quantitative estimate of drug-likeness (QED) is 0.407. The lowest BCUT2D eigenvalue weighted by Gasteiger charge is -2.19. The fourth-order valence-electron chi connectivity index (χ4n) is 1.38. The first-order chi connectivity index (χ1) is 6.75. The Hall–Kier alpha value is -0.900. The van der Waals surface area contributed by atoms with Gasteiger partial charge in [-0.15, -0.1) is 0 Å². The van der Waals surface area contributed by atoms with E-state index in [-0.39, 0.29) is 11.8 Å². The Morgan fingerprint density at radius 1 is 1.64 bits per heavy atom. The standard InChI is InChI=1S/C10H17NO3/c1-2-3-6-14-10(13)8-7-11-5-4-9(8)12/h8,11H,2-7H2,1H3. The molecule has 0 saturated carbocycles. The summed E-state index contributed by atoms with van der Waals surface area (Å²) in [5, 5.41) is 3.01. The topological polar surface area (TPSA) is 55.4 Å². The Labute approximate surface area is 84.0 Å². The molecular weight excluding hydrogens is 182 g/mol. The van der Waals surface area contributed by atoms with E-state index in [0.717, 1.165) is 12.8 Å². The van der Waals surface area contributed by atoms with Crippen LogP contribution in [-0.2, 0) is 14.3 Å². The molecule has 14 heavy (non-hydrogen) atoms. The molecule has 0 aliphatic carbocycles. The lowest BCUT2D eigenvalue weighted by Crippen LogP contribution is -2.42. The highest BCUT2D eigenvalue weighted by Gasteiger charge is 2.29. The van der Waals surface area contributed by atoms with Gasteiger partial charge in [-0.2, -0.15) is 0 Å². The van der Waals surface area contributed by atoms with Crippen LogP contribution in [0.2, 0.25) is 0 Å². The summed E-state index contributed by atoms with van der Waals surface area (Å²) in [4.78, 5) is 22.7. The first kappa shape index (κ1) is 11.2.